The van der Waals surface area contributed by atoms with Crippen molar-refractivity contribution in [2.24, 2.45) is 0 Å². The van der Waals surface area contributed by atoms with Crippen LogP contribution < -0.4 is 0 Å². The Labute approximate surface area is 96.5 Å². The van der Waals surface area contributed by atoms with E-state index >= 15 is 0 Å². The van der Waals surface area contributed by atoms with Crippen LogP contribution in [-0.2, 0) is 10.2 Å². The minimum Gasteiger partial charge on any atom is -0.293 e. The number of rotatable bonds is 1. The van der Waals surface area contributed by atoms with Crippen molar-refractivity contribution in [1.29, 1.82) is 0 Å². The molecule has 1 unspecified atom stereocenters. The number of ketones is 1. The van der Waals surface area contributed by atoms with Gasteiger partial charge in [-0.1, -0.05) is 42.0 Å². The number of carbonyl (C=O) groups is 1. The lowest BCUT2D eigenvalue weighted by Crippen LogP contribution is -2.34. The zero-order valence-corrected chi connectivity index (χ0v) is 9.95. The van der Waals surface area contributed by atoms with Crippen molar-refractivity contribution in [2.75, 3.05) is 0 Å². The maximum Gasteiger partial charge on any atom is 0.170 e. The molecule has 1 atom stereocenters. The van der Waals surface area contributed by atoms with Crippen molar-refractivity contribution in [2.45, 2.75) is 26.2 Å². The molecule has 0 spiro atoms. The summed E-state index contributed by atoms with van der Waals surface area (Å²) in [5.41, 5.74) is 2.73. The van der Waals surface area contributed by atoms with Gasteiger partial charge in [0.2, 0.25) is 0 Å². The van der Waals surface area contributed by atoms with Crippen LogP contribution in [0.2, 0.25) is 0 Å². The molecule has 0 heterocycles. The number of hydrogen-bond donors (Lipinski definition) is 0. The van der Waals surface area contributed by atoms with Crippen LogP contribution in [0.5, 0.6) is 0 Å². The van der Waals surface area contributed by atoms with E-state index in [0.29, 0.717) is 0 Å². The number of hydrogen-bond acceptors (Lipinski definition) is 1. The third-order valence-corrected chi connectivity index (χ3v) is 3.44. The predicted molar refractivity (Wildman–Crippen MR) is 66.3 cm³/mol. The normalized spacial score (nSPS) is 25.1. The van der Waals surface area contributed by atoms with Gasteiger partial charge < -0.3 is 0 Å². The quantitative estimate of drug-likeness (QED) is 0.697. The molecule has 1 aromatic rings. The highest BCUT2D eigenvalue weighted by atomic mass is 16.1. The van der Waals surface area contributed by atoms with Crippen molar-refractivity contribution in [3.05, 3.63) is 59.2 Å². The molecule has 1 aromatic carbocycles. The minimum atomic E-state index is -0.485. The molecule has 1 nitrogen and oxygen atoms in total. The van der Waals surface area contributed by atoms with Crippen LogP contribution in [-0.4, -0.2) is 5.78 Å². The average molecular weight is 212 g/mol. The van der Waals surface area contributed by atoms with Gasteiger partial charge >= 0.3 is 0 Å². The summed E-state index contributed by atoms with van der Waals surface area (Å²) in [6.45, 7) is 5.99. The molecule has 0 amide bonds. The van der Waals surface area contributed by atoms with E-state index in [0.717, 1.165) is 16.7 Å². The first-order valence-electron chi connectivity index (χ1n) is 5.52. The molecule has 0 radical (unpaired) electrons. The summed E-state index contributed by atoms with van der Waals surface area (Å²) in [5.74, 6) is 0.177. The summed E-state index contributed by atoms with van der Waals surface area (Å²) in [6.07, 6.45) is 3.83. The molecule has 0 fully saturated rings. The van der Waals surface area contributed by atoms with Crippen molar-refractivity contribution in [1.82, 2.24) is 0 Å². The highest BCUT2D eigenvalue weighted by Gasteiger charge is 2.36. The Morgan fingerprint density at radius 3 is 2.19 bits per heavy atom. The maximum absolute atomic E-state index is 12.2. The molecule has 2 rings (SSSR count). The number of allylic oxidation sites excluding steroid dienone is 4. The third kappa shape index (κ3) is 1.53. The van der Waals surface area contributed by atoms with Crippen molar-refractivity contribution in [3.8, 4) is 0 Å². The molecule has 0 saturated heterocycles. The van der Waals surface area contributed by atoms with E-state index in [4.69, 9.17) is 0 Å². The van der Waals surface area contributed by atoms with Crippen molar-refractivity contribution >= 4 is 5.78 Å². The van der Waals surface area contributed by atoms with Gasteiger partial charge in [0.15, 0.2) is 5.78 Å². The molecule has 0 N–H and O–H groups in total. The van der Waals surface area contributed by atoms with Gasteiger partial charge in [-0.15, -0.1) is 0 Å². The average Bonchev–Trinajstić information content (AvgIpc) is 2.27. The fraction of sp³-hybridized carbons (Fsp3) is 0.267. The first-order valence-corrected chi connectivity index (χ1v) is 5.52. The molecule has 1 aliphatic carbocycles. The van der Waals surface area contributed by atoms with Crippen LogP contribution in [0, 0.1) is 0 Å². The highest BCUT2D eigenvalue weighted by Crippen LogP contribution is 2.36. The van der Waals surface area contributed by atoms with Gasteiger partial charge in [0.05, 0.1) is 5.41 Å². The second-order valence-corrected chi connectivity index (χ2v) is 4.57. The molecular formula is C15H16O. The first kappa shape index (κ1) is 10.9. The van der Waals surface area contributed by atoms with E-state index in [-0.39, 0.29) is 5.78 Å². The Morgan fingerprint density at radius 1 is 1.00 bits per heavy atom. The fourth-order valence-corrected chi connectivity index (χ4v) is 2.21. The van der Waals surface area contributed by atoms with Gasteiger partial charge in [-0.3, -0.25) is 4.79 Å². The summed E-state index contributed by atoms with van der Waals surface area (Å²) >= 11 is 0. The molecule has 1 aliphatic rings. The highest BCUT2D eigenvalue weighted by molar-refractivity contribution is 6.03. The summed E-state index contributed by atoms with van der Waals surface area (Å²) in [4.78, 5) is 12.2. The van der Waals surface area contributed by atoms with Crippen molar-refractivity contribution < 1.29 is 4.79 Å². The van der Waals surface area contributed by atoms with Crippen molar-refractivity contribution in [3.63, 3.8) is 0 Å². The van der Waals surface area contributed by atoms with E-state index in [9.17, 15) is 4.79 Å². The third-order valence-electron chi connectivity index (χ3n) is 3.44. The molecule has 0 aliphatic heterocycles. The van der Waals surface area contributed by atoms with Crippen LogP contribution in [0.15, 0.2) is 53.6 Å². The van der Waals surface area contributed by atoms with Crippen LogP contribution in [0.25, 0.3) is 0 Å². The van der Waals surface area contributed by atoms with E-state index in [1.54, 1.807) is 6.08 Å². The van der Waals surface area contributed by atoms with Crippen LogP contribution in [0.4, 0.5) is 0 Å². The summed E-state index contributed by atoms with van der Waals surface area (Å²) in [5, 5.41) is 0. The monoisotopic (exact) mass is 212 g/mol. The maximum atomic E-state index is 12.2. The number of benzene rings is 1. The van der Waals surface area contributed by atoms with Crippen LogP contribution in [0.1, 0.15) is 26.3 Å². The smallest absolute Gasteiger partial charge is 0.170 e. The Morgan fingerprint density at radius 2 is 1.62 bits per heavy atom. The summed E-state index contributed by atoms with van der Waals surface area (Å²) < 4.78 is 0. The van der Waals surface area contributed by atoms with E-state index in [1.165, 1.54) is 0 Å². The standard InChI is InChI=1S/C15H16O/c1-11-9-12(2)15(3,14(16)10-11)13-7-5-4-6-8-13/h4-10H,1-3H3. The van der Waals surface area contributed by atoms with E-state index in [2.05, 4.69) is 6.08 Å². The zero-order chi connectivity index (χ0) is 11.8. The number of carbonyl (C=O) groups excluding carboxylic acids is 1. The Hall–Kier alpha value is -1.63. The SMILES string of the molecule is CC1=CC(=O)C(C)(c2ccccc2)C(C)=C1. The Kier molecular flexibility index (Phi) is 2.55. The molecule has 1 heteroatoms. The molecule has 0 aromatic heterocycles. The largest absolute Gasteiger partial charge is 0.293 e. The minimum absolute atomic E-state index is 0.177. The zero-order valence-electron chi connectivity index (χ0n) is 9.95. The van der Waals surface area contributed by atoms with E-state index in [1.807, 2.05) is 51.1 Å². The first-order chi connectivity index (χ1) is 7.55. The topological polar surface area (TPSA) is 17.1 Å². The lowest BCUT2D eigenvalue weighted by atomic mass is 9.70. The Balaban J connectivity index is 2.56. The fourth-order valence-electron chi connectivity index (χ4n) is 2.21. The van der Waals surface area contributed by atoms with Crippen LogP contribution >= 0.6 is 0 Å². The van der Waals surface area contributed by atoms with Gasteiger partial charge in [0.1, 0.15) is 0 Å². The summed E-state index contributed by atoms with van der Waals surface area (Å²) in [7, 11) is 0. The molecule has 16 heavy (non-hydrogen) atoms. The van der Waals surface area contributed by atoms with Gasteiger partial charge in [0.25, 0.3) is 0 Å². The predicted octanol–water partition coefficient (Wildman–Crippen LogP) is 3.42. The lowest BCUT2D eigenvalue weighted by Gasteiger charge is -2.31. The molecule has 82 valence electrons. The van der Waals surface area contributed by atoms with Crippen LogP contribution in [0.3, 0.4) is 0 Å². The summed E-state index contributed by atoms with van der Waals surface area (Å²) in [6, 6.07) is 9.96. The Bertz CT molecular complexity index is 479. The van der Waals surface area contributed by atoms with Gasteiger partial charge in [-0.25, -0.2) is 0 Å². The molecule has 0 bridgehead atoms. The van der Waals surface area contributed by atoms with Gasteiger partial charge in [0, 0.05) is 0 Å². The molecular weight excluding hydrogens is 196 g/mol. The molecule has 0 saturated carbocycles. The van der Waals surface area contributed by atoms with Gasteiger partial charge in [-0.2, -0.15) is 0 Å². The van der Waals surface area contributed by atoms with E-state index < -0.39 is 5.41 Å². The van der Waals surface area contributed by atoms with Gasteiger partial charge in [-0.05, 0) is 38.0 Å². The second kappa shape index (κ2) is 3.75. The lowest BCUT2D eigenvalue weighted by molar-refractivity contribution is -0.118. The second-order valence-electron chi connectivity index (χ2n) is 4.57.